The van der Waals surface area contributed by atoms with E-state index in [0.717, 1.165) is 11.3 Å². The van der Waals surface area contributed by atoms with E-state index in [9.17, 15) is 0 Å². The molecule has 0 aliphatic heterocycles. The van der Waals surface area contributed by atoms with E-state index in [1.807, 2.05) is 30.3 Å². The second-order valence-corrected chi connectivity index (χ2v) is 3.71. The number of rotatable bonds is 2. The molecular formula is C12H10N6. The maximum Gasteiger partial charge on any atom is 0.205 e. The normalized spacial score (nSPS) is 10.4. The van der Waals surface area contributed by atoms with Gasteiger partial charge in [0.05, 0.1) is 6.20 Å². The number of nitrogen functional groups attached to an aromatic ring is 1. The van der Waals surface area contributed by atoms with Crippen LogP contribution in [0.1, 0.15) is 0 Å². The molecule has 88 valence electrons. The number of aromatic nitrogens is 5. The molecule has 0 saturated heterocycles. The third-order valence-electron chi connectivity index (χ3n) is 2.45. The first-order valence-electron chi connectivity index (χ1n) is 5.40. The Kier molecular flexibility index (Phi) is 2.45. The zero-order valence-corrected chi connectivity index (χ0v) is 9.43. The molecule has 3 rings (SSSR count). The summed E-state index contributed by atoms with van der Waals surface area (Å²) in [6.45, 7) is 0. The molecule has 2 N–H and O–H groups in total. The molecule has 18 heavy (non-hydrogen) atoms. The number of tetrazole rings is 1. The minimum absolute atomic E-state index is 0.460. The largest absolute Gasteiger partial charge is 0.384 e. The molecule has 2 heterocycles. The molecule has 0 atom stereocenters. The van der Waals surface area contributed by atoms with Crippen LogP contribution in [0.5, 0.6) is 0 Å². The predicted octanol–water partition coefficient (Wildman–Crippen LogP) is 1.31. The standard InChI is InChI=1S/C12H10N6/c13-11-7-6-10(8-14-11)18-16-12(15-17-18)9-4-2-1-3-5-9/h1-8H,(H2,13,14). The Balaban J connectivity index is 1.97. The van der Waals surface area contributed by atoms with Gasteiger partial charge in [-0.2, -0.15) is 0 Å². The Labute approximate surface area is 103 Å². The Morgan fingerprint density at radius 2 is 1.83 bits per heavy atom. The van der Waals surface area contributed by atoms with E-state index in [4.69, 9.17) is 5.73 Å². The lowest BCUT2D eigenvalue weighted by Gasteiger charge is -1.97. The molecule has 0 saturated carbocycles. The van der Waals surface area contributed by atoms with Crippen molar-refractivity contribution in [2.75, 3.05) is 5.73 Å². The Hall–Kier alpha value is -2.76. The molecular weight excluding hydrogens is 228 g/mol. The van der Waals surface area contributed by atoms with Crippen molar-refractivity contribution < 1.29 is 0 Å². The maximum atomic E-state index is 5.52. The Bertz CT molecular complexity index is 644. The van der Waals surface area contributed by atoms with E-state index in [-0.39, 0.29) is 0 Å². The van der Waals surface area contributed by atoms with Gasteiger partial charge in [-0.15, -0.1) is 15.0 Å². The van der Waals surface area contributed by atoms with Crippen LogP contribution in [0.4, 0.5) is 5.82 Å². The number of nitrogens with zero attached hydrogens (tertiary/aromatic N) is 5. The number of nitrogens with two attached hydrogens (primary N) is 1. The van der Waals surface area contributed by atoms with Crippen molar-refractivity contribution in [2.45, 2.75) is 0 Å². The quantitative estimate of drug-likeness (QED) is 0.727. The van der Waals surface area contributed by atoms with E-state index in [1.54, 1.807) is 18.3 Å². The lowest BCUT2D eigenvalue weighted by molar-refractivity contribution is 0.717. The Morgan fingerprint density at radius 1 is 1.00 bits per heavy atom. The van der Waals surface area contributed by atoms with Crippen molar-refractivity contribution in [3.05, 3.63) is 48.7 Å². The summed E-state index contributed by atoms with van der Waals surface area (Å²) < 4.78 is 0. The second-order valence-electron chi connectivity index (χ2n) is 3.71. The van der Waals surface area contributed by atoms with Gasteiger partial charge in [0.2, 0.25) is 5.82 Å². The number of hydrogen-bond acceptors (Lipinski definition) is 5. The number of pyridine rings is 1. The van der Waals surface area contributed by atoms with Crippen molar-refractivity contribution in [2.24, 2.45) is 0 Å². The topological polar surface area (TPSA) is 82.5 Å². The summed E-state index contributed by atoms with van der Waals surface area (Å²) in [6, 6.07) is 13.2. The lowest BCUT2D eigenvalue weighted by Crippen LogP contribution is -2.00. The van der Waals surface area contributed by atoms with Crippen LogP contribution in [0.3, 0.4) is 0 Å². The molecule has 0 aliphatic carbocycles. The third kappa shape index (κ3) is 1.91. The minimum Gasteiger partial charge on any atom is -0.384 e. The van der Waals surface area contributed by atoms with Gasteiger partial charge < -0.3 is 5.73 Å². The summed E-state index contributed by atoms with van der Waals surface area (Å²) in [4.78, 5) is 5.41. The van der Waals surface area contributed by atoms with Gasteiger partial charge in [0, 0.05) is 5.56 Å². The summed E-state index contributed by atoms with van der Waals surface area (Å²) in [6.07, 6.45) is 1.60. The first-order chi connectivity index (χ1) is 8.83. The molecule has 0 fully saturated rings. The molecule has 6 nitrogen and oxygen atoms in total. The third-order valence-corrected chi connectivity index (χ3v) is 2.45. The van der Waals surface area contributed by atoms with Gasteiger partial charge in [-0.1, -0.05) is 30.3 Å². The van der Waals surface area contributed by atoms with Crippen molar-refractivity contribution in [3.8, 4) is 17.1 Å². The van der Waals surface area contributed by atoms with E-state index in [2.05, 4.69) is 20.4 Å². The average molecular weight is 238 g/mol. The fraction of sp³-hybridized carbons (Fsp3) is 0. The van der Waals surface area contributed by atoms with Crippen LogP contribution in [0.25, 0.3) is 17.1 Å². The maximum absolute atomic E-state index is 5.52. The molecule has 0 aliphatic rings. The summed E-state index contributed by atoms with van der Waals surface area (Å²) in [7, 11) is 0. The lowest BCUT2D eigenvalue weighted by atomic mass is 10.2. The van der Waals surface area contributed by atoms with Crippen molar-refractivity contribution in [1.82, 2.24) is 25.2 Å². The van der Waals surface area contributed by atoms with E-state index < -0.39 is 0 Å². The van der Waals surface area contributed by atoms with E-state index >= 15 is 0 Å². The number of hydrogen-bond donors (Lipinski definition) is 1. The van der Waals surface area contributed by atoms with Gasteiger partial charge in [-0.25, -0.2) is 4.98 Å². The van der Waals surface area contributed by atoms with Crippen LogP contribution >= 0.6 is 0 Å². The van der Waals surface area contributed by atoms with Crippen LogP contribution < -0.4 is 5.73 Å². The van der Waals surface area contributed by atoms with Gasteiger partial charge in [0.25, 0.3) is 0 Å². The molecule has 3 aromatic rings. The second kappa shape index (κ2) is 4.25. The van der Waals surface area contributed by atoms with Gasteiger partial charge in [0.1, 0.15) is 11.5 Å². The van der Waals surface area contributed by atoms with Crippen molar-refractivity contribution in [1.29, 1.82) is 0 Å². The van der Waals surface area contributed by atoms with Crippen LogP contribution in [0.15, 0.2) is 48.7 Å². The van der Waals surface area contributed by atoms with Gasteiger partial charge in [0.15, 0.2) is 0 Å². The fourth-order valence-corrected chi connectivity index (χ4v) is 1.54. The van der Waals surface area contributed by atoms with Crippen molar-refractivity contribution in [3.63, 3.8) is 0 Å². The van der Waals surface area contributed by atoms with Gasteiger partial charge >= 0.3 is 0 Å². The highest BCUT2D eigenvalue weighted by Gasteiger charge is 2.06. The summed E-state index contributed by atoms with van der Waals surface area (Å²) >= 11 is 0. The summed E-state index contributed by atoms with van der Waals surface area (Å²) in [5.41, 5.74) is 7.17. The molecule has 2 aromatic heterocycles. The zero-order valence-electron chi connectivity index (χ0n) is 9.43. The van der Waals surface area contributed by atoms with Gasteiger partial charge in [-0.3, -0.25) is 0 Å². The van der Waals surface area contributed by atoms with Crippen LogP contribution in [0, 0.1) is 0 Å². The van der Waals surface area contributed by atoms with Gasteiger partial charge in [-0.05, 0) is 17.3 Å². The number of anilines is 1. The van der Waals surface area contributed by atoms with Crippen molar-refractivity contribution >= 4 is 5.82 Å². The molecule has 1 aromatic carbocycles. The molecule has 0 spiro atoms. The highest BCUT2D eigenvalue weighted by Crippen LogP contribution is 2.13. The summed E-state index contributed by atoms with van der Waals surface area (Å²) in [5.74, 6) is 1.04. The molecule has 0 amide bonds. The monoisotopic (exact) mass is 238 g/mol. The van der Waals surface area contributed by atoms with E-state index in [1.165, 1.54) is 4.80 Å². The molecule has 0 unspecified atom stereocenters. The first-order valence-corrected chi connectivity index (χ1v) is 5.40. The summed E-state index contributed by atoms with van der Waals surface area (Å²) in [5, 5.41) is 12.3. The predicted molar refractivity (Wildman–Crippen MR) is 66.8 cm³/mol. The van der Waals surface area contributed by atoms with E-state index in [0.29, 0.717) is 11.6 Å². The highest BCUT2D eigenvalue weighted by molar-refractivity contribution is 5.53. The van der Waals surface area contributed by atoms with Crippen LogP contribution in [0.2, 0.25) is 0 Å². The fourth-order valence-electron chi connectivity index (χ4n) is 1.54. The zero-order chi connectivity index (χ0) is 12.4. The molecule has 0 radical (unpaired) electrons. The smallest absolute Gasteiger partial charge is 0.205 e. The molecule has 6 heteroatoms. The van der Waals surface area contributed by atoms with Crippen LogP contribution in [-0.2, 0) is 0 Å². The SMILES string of the molecule is Nc1ccc(-n2nnc(-c3ccccc3)n2)cn1. The van der Waals surface area contributed by atoms with Crippen LogP contribution in [-0.4, -0.2) is 25.2 Å². The number of benzene rings is 1. The minimum atomic E-state index is 0.460. The molecule has 0 bridgehead atoms. The first kappa shape index (κ1) is 10.4. The Morgan fingerprint density at radius 3 is 2.56 bits per heavy atom. The average Bonchev–Trinajstić information content (AvgIpc) is 2.90. The highest BCUT2D eigenvalue weighted by atomic mass is 15.6.